The van der Waals surface area contributed by atoms with E-state index in [0.717, 1.165) is 12.1 Å². The van der Waals surface area contributed by atoms with Gasteiger partial charge in [-0.05, 0) is 32.5 Å². The fourth-order valence-electron chi connectivity index (χ4n) is 2.67. The maximum atomic E-state index is 14.1. The van der Waals surface area contributed by atoms with E-state index in [4.69, 9.17) is 5.73 Å². The second-order valence-electron chi connectivity index (χ2n) is 5.68. The van der Waals surface area contributed by atoms with Crippen LogP contribution < -0.4 is 5.73 Å². The molecule has 0 bridgehead atoms. The van der Waals surface area contributed by atoms with Crippen LogP contribution in [0.1, 0.15) is 28.3 Å². The molecule has 0 aliphatic carbocycles. The minimum atomic E-state index is -0.188. The normalized spacial score (nSPS) is 12.7. The van der Waals surface area contributed by atoms with E-state index in [-0.39, 0.29) is 11.9 Å². The molecule has 2 rings (SSSR count). The Morgan fingerprint density at radius 2 is 1.81 bits per heavy atom. The summed E-state index contributed by atoms with van der Waals surface area (Å²) in [5.41, 5.74) is 10.1. The molecular weight excluding hydrogens is 263 g/mol. The Bertz CT molecular complexity index is 610. The number of aryl methyl sites for hydroxylation is 2. The van der Waals surface area contributed by atoms with Gasteiger partial charge in [-0.3, -0.25) is 4.90 Å². The number of nitrogens with zero attached hydrogens (tertiary/aromatic N) is 1. The lowest BCUT2D eigenvalue weighted by Gasteiger charge is -2.28. The topological polar surface area (TPSA) is 29.3 Å². The summed E-state index contributed by atoms with van der Waals surface area (Å²) in [4.78, 5) is 2.10. The van der Waals surface area contributed by atoms with Crippen molar-refractivity contribution < 1.29 is 4.39 Å². The van der Waals surface area contributed by atoms with Crippen LogP contribution in [0.2, 0.25) is 0 Å². The number of rotatable bonds is 5. The van der Waals surface area contributed by atoms with Gasteiger partial charge >= 0.3 is 0 Å². The van der Waals surface area contributed by atoms with Crippen molar-refractivity contribution in [2.45, 2.75) is 26.4 Å². The van der Waals surface area contributed by atoms with E-state index in [1.807, 2.05) is 26.1 Å². The number of hydrogen-bond acceptors (Lipinski definition) is 2. The molecule has 3 heteroatoms. The number of likely N-dealkylation sites (N-methyl/N-ethyl adjacent to an activating group) is 1. The summed E-state index contributed by atoms with van der Waals surface area (Å²) in [6.45, 7) is 5.18. The third kappa shape index (κ3) is 3.90. The van der Waals surface area contributed by atoms with Crippen molar-refractivity contribution in [1.29, 1.82) is 0 Å². The molecule has 0 heterocycles. The molecule has 2 aromatic carbocycles. The quantitative estimate of drug-likeness (QED) is 0.910. The van der Waals surface area contributed by atoms with Crippen molar-refractivity contribution in [3.8, 4) is 0 Å². The van der Waals surface area contributed by atoms with Gasteiger partial charge in [0.2, 0.25) is 0 Å². The Morgan fingerprint density at radius 3 is 2.48 bits per heavy atom. The fraction of sp³-hybridized carbons (Fsp3) is 0.333. The largest absolute Gasteiger partial charge is 0.329 e. The zero-order chi connectivity index (χ0) is 15.4. The van der Waals surface area contributed by atoms with Gasteiger partial charge in [0.1, 0.15) is 5.82 Å². The molecule has 2 aromatic rings. The average molecular weight is 286 g/mol. The van der Waals surface area contributed by atoms with E-state index in [2.05, 4.69) is 30.0 Å². The van der Waals surface area contributed by atoms with E-state index < -0.39 is 0 Å². The third-order valence-corrected chi connectivity index (χ3v) is 3.78. The molecule has 0 spiro atoms. The molecule has 0 aliphatic heterocycles. The lowest BCUT2D eigenvalue weighted by molar-refractivity contribution is 0.236. The molecule has 0 saturated carbocycles. The zero-order valence-corrected chi connectivity index (χ0v) is 12.9. The van der Waals surface area contributed by atoms with E-state index in [0.29, 0.717) is 12.1 Å². The van der Waals surface area contributed by atoms with Gasteiger partial charge in [0.25, 0.3) is 0 Å². The van der Waals surface area contributed by atoms with Gasteiger partial charge in [0.15, 0.2) is 0 Å². The van der Waals surface area contributed by atoms with Crippen LogP contribution in [0.4, 0.5) is 4.39 Å². The number of nitrogens with two attached hydrogens (primary N) is 1. The summed E-state index contributed by atoms with van der Waals surface area (Å²) in [5.74, 6) is -0.188. The fourth-order valence-corrected chi connectivity index (χ4v) is 2.67. The molecule has 2 nitrogen and oxygen atoms in total. The lowest BCUT2D eigenvalue weighted by atomic mass is 10.0. The highest BCUT2D eigenvalue weighted by atomic mass is 19.1. The summed E-state index contributed by atoms with van der Waals surface area (Å²) in [5, 5.41) is 0. The first-order chi connectivity index (χ1) is 10.0. The molecule has 0 radical (unpaired) electrons. The van der Waals surface area contributed by atoms with Gasteiger partial charge in [-0.25, -0.2) is 4.39 Å². The van der Waals surface area contributed by atoms with Crippen LogP contribution in [-0.4, -0.2) is 18.5 Å². The van der Waals surface area contributed by atoms with Gasteiger partial charge in [-0.1, -0.05) is 47.5 Å². The molecule has 112 valence electrons. The Hall–Kier alpha value is -1.71. The van der Waals surface area contributed by atoms with Gasteiger partial charge in [-0.15, -0.1) is 0 Å². The van der Waals surface area contributed by atoms with Crippen LogP contribution in [0, 0.1) is 19.7 Å². The first kappa shape index (κ1) is 15.7. The summed E-state index contributed by atoms with van der Waals surface area (Å²) in [6, 6.07) is 13.4. The van der Waals surface area contributed by atoms with Crippen molar-refractivity contribution >= 4 is 0 Å². The second-order valence-corrected chi connectivity index (χ2v) is 5.68. The summed E-state index contributed by atoms with van der Waals surface area (Å²) < 4.78 is 14.1. The van der Waals surface area contributed by atoms with Crippen LogP contribution in [-0.2, 0) is 6.54 Å². The number of hydrogen-bond donors (Lipinski definition) is 1. The molecule has 0 fully saturated rings. The number of benzene rings is 2. The average Bonchev–Trinajstić information content (AvgIpc) is 2.43. The Morgan fingerprint density at radius 1 is 1.10 bits per heavy atom. The highest BCUT2D eigenvalue weighted by Gasteiger charge is 2.19. The predicted octanol–water partition coefficient (Wildman–Crippen LogP) is 3.57. The minimum absolute atomic E-state index is 0.120. The van der Waals surface area contributed by atoms with Crippen molar-refractivity contribution in [3.05, 3.63) is 70.5 Å². The van der Waals surface area contributed by atoms with Crippen LogP contribution in [0.15, 0.2) is 42.5 Å². The molecule has 0 amide bonds. The SMILES string of the molecule is Cc1cccc(CN(C)C(CN)c2cc(C)ccc2F)c1. The maximum absolute atomic E-state index is 14.1. The van der Waals surface area contributed by atoms with Gasteiger partial charge in [0.05, 0.1) is 0 Å². The van der Waals surface area contributed by atoms with Crippen LogP contribution in [0.5, 0.6) is 0 Å². The minimum Gasteiger partial charge on any atom is -0.329 e. The monoisotopic (exact) mass is 286 g/mol. The highest BCUT2D eigenvalue weighted by Crippen LogP contribution is 2.24. The summed E-state index contributed by atoms with van der Waals surface area (Å²) >= 11 is 0. The van der Waals surface area contributed by atoms with Gasteiger partial charge < -0.3 is 5.73 Å². The molecule has 1 atom stereocenters. The van der Waals surface area contributed by atoms with E-state index >= 15 is 0 Å². The third-order valence-electron chi connectivity index (χ3n) is 3.78. The Kier molecular flexibility index (Phi) is 5.10. The summed E-state index contributed by atoms with van der Waals surface area (Å²) in [7, 11) is 1.99. The molecule has 2 N–H and O–H groups in total. The molecule has 1 unspecified atom stereocenters. The van der Waals surface area contributed by atoms with Gasteiger partial charge in [-0.2, -0.15) is 0 Å². The molecule has 0 aliphatic rings. The van der Waals surface area contributed by atoms with Crippen molar-refractivity contribution in [3.63, 3.8) is 0 Å². The van der Waals surface area contributed by atoms with Crippen molar-refractivity contribution in [1.82, 2.24) is 4.90 Å². The first-order valence-electron chi connectivity index (χ1n) is 7.23. The van der Waals surface area contributed by atoms with E-state index in [1.165, 1.54) is 17.2 Å². The first-order valence-corrected chi connectivity index (χ1v) is 7.23. The lowest BCUT2D eigenvalue weighted by Crippen LogP contribution is -2.31. The van der Waals surface area contributed by atoms with Gasteiger partial charge in [0, 0.05) is 24.7 Å². The Labute approximate surface area is 126 Å². The maximum Gasteiger partial charge on any atom is 0.128 e. The van der Waals surface area contributed by atoms with Crippen molar-refractivity contribution in [2.24, 2.45) is 5.73 Å². The summed E-state index contributed by atoms with van der Waals surface area (Å²) in [6.07, 6.45) is 0. The van der Waals surface area contributed by atoms with E-state index in [9.17, 15) is 4.39 Å². The van der Waals surface area contributed by atoms with Crippen LogP contribution >= 0.6 is 0 Å². The standard InChI is InChI=1S/C18H23FN2/c1-13-5-4-6-15(9-13)12-21(3)18(11-20)16-10-14(2)7-8-17(16)19/h4-10,18H,11-12,20H2,1-3H3. The van der Waals surface area contributed by atoms with Crippen LogP contribution in [0.3, 0.4) is 0 Å². The predicted molar refractivity (Wildman–Crippen MR) is 85.6 cm³/mol. The zero-order valence-electron chi connectivity index (χ0n) is 12.9. The molecule has 0 aromatic heterocycles. The Balaban J connectivity index is 2.22. The van der Waals surface area contributed by atoms with E-state index in [1.54, 1.807) is 6.07 Å². The smallest absolute Gasteiger partial charge is 0.128 e. The second kappa shape index (κ2) is 6.83. The number of halogens is 1. The molecular formula is C18H23FN2. The van der Waals surface area contributed by atoms with Crippen molar-refractivity contribution in [2.75, 3.05) is 13.6 Å². The molecule has 21 heavy (non-hydrogen) atoms. The highest BCUT2D eigenvalue weighted by molar-refractivity contribution is 5.28. The molecule has 0 saturated heterocycles. The van der Waals surface area contributed by atoms with Crippen LogP contribution in [0.25, 0.3) is 0 Å².